The quantitative estimate of drug-likeness (QED) is 0.733. The van der Waals surface area contributed by atoms with Gasteiger partial charge in [0, 0.05) is 36.9 Å². The topological polar surface area (TPSA) is 92.8 Å². The zero-order chi connectivity index (χ0) is 20.5. The highest BCUT2D eigenvalue weighted by Crippen LogP contribution is 2.33. The fraction of sp³-hybridized carbons (Fsp3) is 0.476. The predicted octanol–water partition coefficient (Wildman–Crippen LogP) is 2.28. The number of nitrogens with one attached hydrogen (secondary N) is 2. The van der Waals surface area contributed by atoms with Crippen molar-refractivity contribution < 1.29 is 19.1 Å². The monoisotopic (exact) mass is 428 g/mol. The van der Waals surface area contributed by atoms with Crippen LogP contribution in [0.4, 0.5) is 5.13 Å². The van der Waals surface area contributed by atoms with E-state index in [2.05, 4.69) is 20.5 Å². The minimum absolute atomic E-state index is 0.0147. The van der Waals surface area contributed by atoms with Crippen LogP contribution in [-0.4, -0.2) is 41.6 Å². The van der Waals surface area contributed by atoms with Crippen molar-refractivity contribution in [3.8, 4) is 11.5 Å². The van der Waals surface area contributed by atoms with Gasteiger partial charge in [-0.25, -0.2) is 4.98 Å². The van der Waals surface area contributed by atoms with E-state index in [1.807, 2.05) is 18.2 Å². The Bertz CT molecular complexity index is 972. The number of hydrogen-bond donors (Lipinski definition) is 2. The van der Waals surface area contributed by atoms with Gasteiger partial charge in [0.2, 0.25) is 18.6 Å². The summed E-state index contributed by atoms with van der Waals surface area (Å²) in [6.45, 7) is 2.50. The number of rotatable bonds is 6. The van der Waals surface area contributed by atoms with Crippen molar-refractivity contribution in [3.05, 3.63) is 34.3 Å². The zero-order valence-electron chi connectivity index (χ0n) is 16.6. The van der Waals surface area contributed by atoms with Gasteiger partial charge in [0.05, 0.1) is 12.2 Å². The van der Waals surface area contributed by atoms with E-state index >= 15 is 0 Å². The maximum Gasteiger partial charge on any atom is 0.234 e. The predicted molar refractivity (Wildman–Crippen MR) is 111 cm³/mol. The summed E-state index contributed by atoms with van der Waals surface area (Å²) in [5.74, 6) is 1.68. The maximum absolute atomic E-state index is 12.4. The lowest BCUT2D eigenvalue weighted by Gasteiger charge is -2.25. The molecule has 2 aliphatic heterocycles. The molecule has 1 aliphatic carbocycles. The third kappa shape index (κ3) is 4.13. The lowest BCUT2D eigenvalue weighted by molar-refractivity contribution is -0.123. The summed E-state index contributed by atoms with van der Waals surface area (Å²) in [6, 6.07) is 5.69. The number of thiazole rings is 1. The van der Waals surface area contributed by atoms with Gasteiger partial charge in [-0.2, -0.15) is 0 Å². The van der Waals surface area contributed by atoms with Crippen molar-refractivity contribution in [2.75, 3.05) is 25.2 Å². The van der Waals surface area contributed by atoms with E-state index in [-0.39, 0.29) is 24.5 Å². The molecule has 30 heavy (non-hydrogen) atoms. The van der Waals surface area contributed by atoms with Crippen LogP contribution in [0.3, 0.4) is 0 Å². The summed E-state index contributed by atoms with van der Waals surface area (Å²) in [4.78, 5) is 32.4. The molecule has 5 rings (SSSR count). The van der Waals surface area contributed by atoms with E-state index in [9.17, 15) is 9.59 Å². The van der Waals surface area contributed by atoms with E-state index in [4.69, 9.17) is 9.47 Å². The Kier molecular flexibility index (Phi) is 5.30. The van der Waals surface area contributed by atoms with Gasteiger partial charge in [0.25, 0.3) is 0 Å². The van der Waals surface area contributed by atoms with Crippen LogP contribution in [0, 0.1) is 5.92 Å². The van der Waals surface area contributed by atoms with Crippen LogP contribution in [0.25, 0.3) is 0 Å². The van der Waals surface area contributed by atoms with E-state index in [0.717, 1.165) is 59.9 Å². The number of nitrogens with zero attached hydrogens (tertiary/aromatic N) is 2. The van der Waals surface area contributed by atoms with Crippen molar-refractivity contribution in [1.82, 2.24) is 15.2 Å². The van der Waals surface area contributed by atoms with E-state index in [0.29, 0.717) is 24.8 Å². The number of fused-ring (bicyclic) bond motifs is 2. The first-order valence-corrected chi connectivity index (χ1v) is 11.1. The van der Waals surface area contributed by atoms with Crippen LogP contribution in [0.15, 0.2) is 18.2 Å². The van der Waals surface area contributed by atoms with E-state index < -0.39 is 0 Å². The number of hydrogen-bond acceptors (Lipinski definition) is 7. The Morgan fingerprint density at radius 3 is 2.93 bits per heavy atom. The van der Waals surface area contributed by atoms with Gasteiger partial charge in [0.1, 0.15) is 0 Å². The summed E-state index contributed by atoms with van der Waals surface area (Å²) < 4.78 is 10.7. The molecule has 1 aromatic carbocycles. The molecule has 3 aliphatic rings. The second-order valence-electron chi connectivity index (χ2n) is 7.93. The smallest absolute Gasteiger partial charge is 0.234 e. The van der Waals surface area contributed by atoms with Crippen molar-refractivity contribution in [2.45, 2.75) is 38.8 Å². The third-order valence-electron chi connectivity index (χ3n) is 5.81. The number of amides is 2. The lowest BCUT2D eigenvalue weighted by Crippen LogP contribution is -2.39. The molecule has 2 amide bonds. The summed E-state index contributed by atoms with van der Waals surface area (Å²) in [6.07, 6.45) is 3.89. The maximum atomic E-state index is 12.4. The first-order chi connectivity index (χ1) is 14.6. The van der Waals surface area contributed by atoms with Gasteiger partial charge in [-0.3, -0.25) is 14.5 Å². The molecule has 9 heteroatoms. The second-order valence-corrected chi connectivity index (χ2v) is 9.01. The normalized spacial score (nSPS) is 17.9. The van der Waals surface area contributed by atoms with Crippen LogP contribution in [0.2, 0.25) is 0 Å². The largest absolute Gasteiger partial charge is 0.454 e. The summed E-state index contributed by atoms with van der Waals surface area (Å²) in [5, 5.41) is 6.62. The number of carbonyl (C=O) groups is 2. The summed E-state index contributed by atoms with van der Waals surface area (Å²) >= 11 is 1.53. The van der Waals surface area contributed by atoms with Crippen molar-refractivity contribution in [1.29, 1.82) is 0 Å². The Morgan fingerprint density at radius 1 is 1.23 bits per heavy atom. The number of aromatic nitrogens is 1. The van der Waals surface area contributed by atoms with Crippen LogP contribution in [-0.2, 0) is 29.1 Å². The highest BCUT2D eigenvalue weighted by molar-refractivity contribution is 7.15. The molecule has 0 atom stereocenters. The molecule has 0 spiro atoms. The van der Waals surface area contributed by atoms with E-state index in [1.54, 1.807) is 0 Å². The number of ether oxygens (including phenoxy) is 2. The number of anilines is 1. The standard InChI is InChI=1S/C21H24N4O4S/c26-19(22-9-13-4-5-16-17(8-13)29-12-28-16)11-25-7-6-15-18(10-25)30-21(23-15)24-20(27)14-2-1-3-14/h4-5,8,14H,1-3,6-7,9-12H2,(H,22,26)(H,23,24,27). The molecule has 1 aromatic heterocycles. The fourth-order valence-corrected chi connectivity index (χ4v) is 4.88. The lowest BCUT2D eigenvalue weighted by atomic mass is 9.85. The Labute approximate surface area is 178 Å². The molecule has 1 fully saturated rings. The van der Waals surface area contributed by atoms with Crippen LogP contribution < -0.4 is 20.1 Å². The second kappa shape index (κ2) is 8.23. The Balaban J connectivity index is 1.11. The molecular weight excluding hydrogens is 404 g/mol. The van der Waals surface area contributed by atoms with Crippen molar-refractivity contribution in [2.24, 2.45) is 5.92 Å². The average Bonchev–Trinajstić information content (AvgIpc) is 3.30. The highest BCUT2D eigenvalue weighted by atomic mass is 32.1. The molecule has 1 saturated carbocycles. The molecular formula is C21H24N4O4S. The van der Waals surface area contributed by atoms with Gasteiger partial charge in [-0.05, 0) is 30.5 Å². The minimum Gasteiger partial charge on any atom is -0.454 e. The van der Waals surface area contributed by atoms with Gasteiger partial charge in [-0.1, -0.05) is 12.5 Å². The van der Waals surface area contributed by atoms with Gasteiger partial charge >= 0.3 is 0 Å². The third-order valence-corrected chi connectivity index (χ3v) is 6.81. The summed E-state index contributed by atoms with van der Waals surface area (Å²) in [5.41, 5.74) is 2.02. The van der Waals surface area contributed by atoms with Gasteiger partial charge in [-0.15, -0.1) is 11.3 Å². The molecule has 0 radical (unpaired) electrons. The molecule has 0 unspecified atom stereocenters. The minimum atomic E-state index is -0.0147. The van der Waals surface area contributed by atoms with Crippen LogP contribution in [0.5, 0.6) is 11.5 Å². The summed E-state index contributed by atoms with van der Waals surface area (Å²) in [7, 11) is 0. The molecule has 158 valence electrons. The number of carbonyl (C=O) groups excluding carboxylic acids is 2. The Hall–Kier alpha value is -2.65. The fourth-order valence-electron chi connectivity index (χ4n) is 3.83. The zero-order valence-corrected chi connectivity index (χ0v) is 17.4. The van der Waals surface area contributed by atoms with Crippen LogP contribution >= 0.6 is 11.3 Å². The molecule has 2 N–H and O–H groups in total. The highest BCUT2D eigenvalue weighted by Gasteiger charge is 2.27. The molecule has 0 saturated heterocycles. The van der Waals surface area contributed by atoms with Gasteiger partial charge in [0.15, 0.2) is 16.6 Å². The molecule has 3 heterocycles. The van der Waals surface area contributed by atoms with Crippen LogP contribution in [0.1, 0.15) is 35.4 Å². The molecule has 8 nitrogen and oxygen atoms in total. The first kappa shape index (κ1) is 19.3. The average molecular weight is 429 g/mol. The van der Waals surface area contributed by atoms with Gasteiger partial charge < -0.3 is 20.1 Å². The molecule has 0 bridgehead atoms. The first-order valence-electron chi connectivity index (χ1n) is 10.3. The van der Waals surface area contributed by atoms with E-state index in [1.165, 1.54) is 11.3 Å². The van der Waals surface area contributed by atoms with Crippen molar-refractivity contribution >= 4 is 28.3 Å². The Morgan fingerprint density at radius 2 is 2.10 bits per heavy atom. The SMILES string of the molecule is O=C(CN1CCc2nc(NC(=O)C3CCC3)sc2C1)NCc1ccc2c(c1)OCO2. The molecule has 2 aromatic rings. The number of benzene rings is 1. The van der Waals surface area contributed by atoms with Crippen molar-refractivity contribution in [3.63, 3.8) is 0 Å².